The van der Waals surface area contributed by atoms with Crippen LogP contribution in [-0.2, 0) is 9.53 Å². The third-order valence-corrected chi connectivity index (χ3v) is 3.07. The fourth-order valence-corrected chi connectivity index (χ4v) is 2.08. The third kappa shape index (κ3) is 3.68. The highest BCUT2D eigenvalue weighted by molar-refractivity contribution is 5.69. The first-order chi connectivity index (χ1) is 8.90. The molecule has 0 aliphatic rings. The molecule has 0 fully saturated rings. The predicted octanol–water partition coefficient (Wildman–Crippen LogP) is 1.27. The largest absolute Gasteiger partial charge is 0.497 e. The van der Waals surface area contributed by atoms with Crippen LogP contribution in [0.1, 0.15) is 29.2 Å². The fraction of sp³-hybridized carbons (Fsp3) is 0.500. The van der Waals surface area contributed by atoms with Crippen LogP contribution >= 0.6 is 0 Å². The molecule has 0 saturated heterocycles. The molecule has 1 aromatic rings. The van der Waals surface area contributed by atoms with Gasteiger partial charge < -0.3 is 19.7 Å². The van der Waals surface area contributed by atoms with E-state index in [9.17, 15) is 15.0 Å². The number of ether oxygens (including phenoxy) is 2. The average Bonchev–Trinajstić information content (AvgIpc) is 2.37. The van der Waals surface area contributed by atoms with Crippen molar-refractivity contribution in [2.24, 2.45) is 0 Å². The van der Waals surface area contributed by atoms with Gasteiger partial charge in [0.1, 0.15) is 11.9 Å². The van der Waals surface area contributed by atoms with Crippen LogP contribution in [0.3, 0.4) is 0 Å². The molecule has 5 nitrogen and oxygen atoms in total. The molecule has 5 heteroatoms. The lowest BCUT2D eigenvalue weighted by molar-refractivity contribution is -0.144. The summed E-state index contributed by atoms with van der Waals surface area (Å²) in [6.07, 6.45) is -2.58. The molecule has 2 atom stereocenters. The van der Waals surface area contributed by atoms with Crippen LogP contribution in [0.15, 0.2) is 12.1 Å². The summed E-state index contributed by atoms with van der Waals surface area (Å²) < 4.78 is 9.61. The van der Waals surface area contributed by atoms with Crippen LogP contribution in [0.25, 0.3) is 0 Å². The lowest BCUT2D eigenvalue weighted by Gasteiger charge is -2.21. The Morgan fingerprint density at radius 1 is 1.21 bits per heavy atom. The van der Waals surface area contributed by atoms with Crippen molar-refractivity contribution < 1.29 is 24.5 Å². The van der Waals surface area contributed by atoms with E-state index >= 15 is 0 Å². The Labute approximate surface area is 112 Å². The second-order valence-corrected chi connectivity index (χ2v) is 4.47. The molecule has 0 amide bonds. The van der Waals surface area contributed by atoms with Crippen molar-refractivity contribution >= 4 is 5.97 Å². The van der Waals surface area contributed by atoms with Crippen LogP contribution in [0.5, 0.6) is 5.75 Å². The fourth-order valence-electron chi connectivity index (χ4n) is 2.08. The minimum Gasteiger partial charge on any atom is -0.497 e. The molecule has 0 saturated carbocycles. The van der Waals surface area contributed by atoms with Crippen LogP contribution in [-0.4, -0.2) is 36.5 Å². The number of rotatable bonds is 5. The molecule has 2 N–H and O–H groups in total. The summed E-state index contributed by atoms with van der Waals surface area (Å²) in [6, 6.07) is 3.55. The maximum atomic E-state index is 11.1. The second-order valence-electron chi connectivity index (χ2n) is 4.47. The van der Waals surface area contributed by atoms with Gasteiger partial charge in [-0.3, -0.25) is 4.79 Å². The van der Waals surface area contributed by atoms with E-state index in [1.807, 2.05) is 13.8 Å². The summed E-state index contributed by atoms with van der Waals surface area (Å²) >= 11 is 0. The number of benzene rings is 1. The molecule has 1 rings (SSSR count). The quantitative estimate of drug-likeness (QED) is 0.786. The number of carbonyl (C=O) groups is 1. The van der Waals surface area contributed by atoms with E-state index in [-0.39, 0.29) is 6.42 Å². The lowest BCUT2D eigenvalue weighted by atomic mass is 9.93. The zero-order valence-electron chi connectivity index (χ0n) is 11.6. The first-order valence-electron chi connectivity index (χ1n) is 5.98. The smallest absolute Gasteiger partial charge is 0.308 e. The van der Waals surface area contributed by atoms with Crippen molar-refractivity contribution in [3.05, 3.63) is 28.8 Å². The van der Waals surface area contributed by atoms with Gasteiger partial charge >= 0.3 is 5.97 Å². The number of aliphatic hydroxyl groups is 2. The Morgan fingerprint density at radius 2 is 1.74 bits per heavy atom. The lowest BCUT2D eigenvalue weighted by Crippen LogP contribution is -2.24. The predicted molar refractivity (Wildman–Crippen MR) is 70.1 cm³/mol. The summed E-state index contributed by atoms with van der Waals surface area (Å²) in [5, 5.41) is 20.0. The molecule has 0 aliphatic carbocycles. The zero-order chi connectivity index (χ0) is 14.6. The number of esters is 1. The van der Waals surface area contributed by atoms with Crippen LogP contribution < -0.4 is 4.74 Å². The van der Waals surface area contributed by atoms with Crippen molar-refractivity contribution in [3.8, 4) is 5.75 Å². The van der Waals surface area contributed by atoms with Gasteiger partial charge in [0.15, 0.2) is 0 Å². The van der Waals surface area contributed by atoms with Crippen molar-refractivity contribution in [2.45, 2.75) is 32.5 Å². The number of hydrogen-bond acceptors (Lipinski definition) is 5. The van der Waals surface area contributed by atoms with Gasteiger partial charge in [-0.25, -0.2) is 0 Å². The van der Waals surface area contributed by atoms with Crippen LogP contribution in [0, 0.1) is 13.8 Å². The number of hydrogen-bond donors (Lipinski definition) is 2. The highest BCUT2D eigenvalue weighted by atomic mass is 16.5. The van der Waals surface area contributed by atoms with Gasteiger partial charge in [0.2, 0.25) is 0 Å². The Hall–Kier alpha value is -1.59. The number of aryl methyl sites for hydroxylation is 2. The molecule has 0 spiro atoms. The summed E-state index contributed by atoms with van der Waals surface area (Å²) in [6.45, 7) is 3.64. The van der Waals surface area contributed by atoms with E-state index in [4.69, 9.17) is 4.74 Å². The van der Waals surface area contributed by atoms with Gasteiger partial charge in [0.25, 0.3) is 0 Å². The summed E-state index contributed by atoms with van der Waals surface area (Å²) in [4.78, 5) is 11.1. The van der Waals surface area contributed by atoms with Crippen molar-refractivity contribution in [1.29, 1.82) is 0 Å². The summed E-state index contributed by atoms with van der Waals surface area (Å²) in [5.41, 5.74) is 2.21. The molecule has 0 bridgehead atoms. The molecule has 0 aromatic heterocycles. The zero-order valence-corrected chi connectivity index (χ0v) is 11.6. The van der Waals surface area contributed by atoms with Gasteiger partial charge in [-0.1, -0.05) is 0 Å². The van der Waals surface area contributed by atoms with E-state index in [0.717, 1.165) is 11.1 Å². The van der Waals surface area contributed by atoms with E-state index in [2.05, 4.69) is 4.74 Å². The second kappa shape index (κ2) is 6.54. The van der Waals surface area contributed by atoms with Crippen molar-refractivity contribution in [3.63, 3.8) is 0 Å². The highest BCUT2D eigenvalue weighted by Crippen LogP contribution is 2.29. The maximum Gasteiger partial charge on any atom is 0.308 e. The Bertz CT molecular complexity index is 432. The monoisotopic (exact) mass is 268 g/mol. The molecule has 0 aliphatic heterocycles. The molecule has 1 aromatic carbocycles. The van der Waals surface area contributed by atoms with E-state index in [1.165, 1.54) is 7.11 Å². The SMILES string of the molecule is COC(=O)CC(O)C(O)c1c(C)cc(OC)cc1C. The molecule has 0 heterocycles. The summed E-state index contributed by atoms with van der Waals surface area (Å²) in [7, 11) is 2.81. The average molecular weight is 268 g/mol. The van der Waals surface area contributed by atoms with Gasteiger partial charge in [0, 0.05) is 0 Å². The van der Waals surface area contributed by atoms with Crippen LogP contribution in [0.2, 0.25) is 0 Å². The van der Waals surface area contributed by atoms with Gasteiger partial charge in [-0.2, -0.15) is 0 Å². The molecular formula is C14H20O5. The van der Waals surface area contributed by atoms with Crippen LogP contribution in [0.4, 0.5) is 0 Å². The third-order valence-electron chi connectivity index (χ3n) is 3.07. The maximum absolute atomic E-state index is 11.1. The molecule has 19 heavy (non-hydrogen) atoms. The number of carbonyl (C=O) groups excluding carboxylic acids is 1. The van der Waals surface area contributed by atoms with Crippen molar-refractivity contribution in [2.75, 3.05) is 14.2 Å². The molecular weight excluding hydrogens is 248 g/mol. The minimum atomic E-state index is -1.20. The molecule has 0 radical (unpaired) electrons. The Morgan fingerprint density at radius 3 is 2.16 bits per heavy atom. The van der Waals surface area contributed by atoms with Gasteiger partial charge in [-0.05, 0) is 42.7 Å². The Kier molecular flexibility index (Phi) is 5.32. The number of aliphatic hydroxyl groups excluding tert-OH is 2. The van der Waals surface area contributed by atoms with E-state index in [1.54, 1.807) is 19.2 Å². The highest BCUT2D eigenvalue weighted by Gasteiger charge is 2.24. The molecule has 106 valence electrons. The van der Waals surface area contributed by atoms with E-state index < -0.39 is 18.2 Å². The summed E-state index contributed by atoms with van der Waals surface area (Å²) in [5.74, 6) is 0.128. The molecule has 2 unspecified atom stereocenters. The Balaban J connectivity index is 2.99. The van der Waals surface area contributed by atoms with Gasteiger partial charge in [0.05, 0.1) is 26.7 Å². The van der Waals surface area contributed by atoms with E-state index in [0.29, 0.717) is 11.3 Å². The van der Waals surface area contributed by atoms with Gasteiger partial charge in [-0.15, -0.1) is 0 Å². The normalized spacial score (nSPS) is 13.8. The first kappa shape index (κ1) is 15.5. The first-order valence-corrected chi connectivity index (χ1v) is 5.98. The topological polar surface area (TPSA) is 76.0 Å². The van der Waals surface area contributed by atoms with Crippen molar-refractivity contribution in [1.82, 2.24) is 0 Å². The number of methoxy groups -OCH3 is 2. The standard InChI is InChI=1S/C14H20O5/c1-8-5-10(18-3)6-9(2)13(8)14(17)11(15)7-12(16)19-4/h5-6,11,14-15,17H,7H2,1-4H3. The minimum absolute atomic E-state index is 0.247.